The molecule has 2 aromatic heterocycles. The van der Waals surface area contributed by atoms with E-state index in [-0.39, 0.29) is 12.3 Å². The van der Waals surface area contributed by atoms with Gasteiger partial charge in [0.25, 0.3) is 0 Å². The fraction of sp³-hybridized carbons (Fsp3) is 0.286. The quantitative estimate of drug-likeness (QED) is 0.340. The van der Waals surface area contributed by atoms with Crippen LogP contribution in [0.2, 0.25) is 0 Å². The smallest absolute Gasteiger partial charge is 0.350 e. The van der Waals surface area contributed by atoms with Gasteiger partial charge in [0.15, 0.2) is 0 Å². The first-order chi connectivity index (χ1) is 18.0. The van der Waals surface area contributed by atoms with Crippen LogP contribution in [0.4, 0.5) is 19.1 Å². The lowest BCUT2D eigenvalue weighted by atomic mass is 9.92. The molecule has 2 N–H and O–H groups in total. The highest BCUT2D eigenvalue weighted by molar-refractivity contribution is 5.60. The molecule has 0 aliphatic carbocycles. The van der Waals surface area contributed by atoms with E-state index in [0.29, 0.717) is 29.4 Å². The molecule has 0 unspecified atom stereocenters. The van der Waals surface area contributed by atoms with Crippen molar-refractivity contribution in [1.82, 2.24) is 25.5 Å². The van der Waals surface area contributed by atoms with Gasteiger partial charge in [-0.25, -0.2) is 9.97 Å². The van der Waals surface area contributed by atoms with Crippen molar-refractivity contribution in [2.75, 3.05) is 18.4 Å². The fourth-order valence-electron chi connectivity index (χ4n) is 4.55. The molecule has 0 spiro atoms. The molecule has 9 heteroatoms. The van der Waals surface area contributed by atoms with Crippen LogP contribution in [-0.2, 0) is 19.1 Å². The van der Waals surface area contributed by atoms with Crippen LogP contribution in [0.3, 0.4) is 0 Å². The summed E-state index contributed by atoms with van der Waals surface area (Å²) in [5.41, 5.74) is 3.74. The Balaban J connectivity index is 1.47. The van der Waals surface area contributed by atoms with Gasteiger partial charge >= 0.3 is 6.18 Å². The summed E-state index contributed by atoms with van der Waals surface area (Å²) >= 11 is 0. The van der Waals surface area contributed by atoms with Crippen LogP contribution in [-0.4, -0.2) is 33.3 Å². The third kappa shape index (κ3) is 6.29. The standard InChI is InChI=1S/C28H27F3N6/c29-28(30,31)23-8-4-7-20(16-23)15-22-17-25(21-9-12-32-13-10-21)36-37-26(22)24-11-14-33-27(35-24)34-18-19-5-2-1-3-6-19/h1-8,11,14,16-17,21,32H,9-10,12-13,15,18H2,(H,33,34,35). The molecule has 1 aliphatic heterocycles. The summed E-state index contributed by atoms with van der Waals surface area (Å²) in [6, 6.07) is 19.1. The second-order valence-electron chi connectivity index (χ2n) is 9.15. The predicted octanol–water partition coefficient (Wildman–Crippen LogP) is 5.62. The molecule has 5 rings (SSSR count). The third-order valence-electron chi connectivity index (χ3n) is 6.49. The number of nitrogens with zero attached hydrogens (tertiary/aromatic N) is 4. The minimum atomic E-state index is -4.40. The maximum absolute atomic E-state index is 13.3. The van der Waals surface area contributed by atoms with Crippen molar-refractivity contribution < 1.29 is 13.2 Å². The number of alkyl halides is 3. The molecule has 37 heavy (non-hydrogen) atoms. The highest BCUT2D eigenvalue weighted by Crippen LogP contribution is 2.32. The first kappa shape index (κ1) is 24.8. The van der Waals surface area contributed by atoms with Gasteiger partial charge in [-0.15, -0.1) is 5.10 Å². The summed E-state index contributed by atoms with van der Waals surface area (Å²) in [7, 11) is 0. The Labute approximate surface area is 213 Å². The zero-order chi connectivity index (χ0) is 25.7. The molecule has 2 aromatic carbocycles. The van der Waals surface area contributed by atoms with Crippen molar-refractivity contribution in [2.24, 2.45) is 0 Å². The van der Waals surface area contributed by atoms with E-state index in [2.05, 4.69) is 30.8 Å². The van der Waals surface area contributed by atoms with Crippen LogP contribution in [0.15, 0.2) is 72.9 Å². The normalized spacial score (nSPS) is 14.5. The highest BCUT2D eigenvalue weighted by Gasteiger charge is 2.30. The van der Waals surface area contributed by atoms with E-state index in [1.807, 2.05) is 36.4 Å². The van der Waals surface area contributed by atoms with Gasteiger partial charge < -0.3 is 10.6 Å². The second-order valence-corrected chi connectivity index (χ2v) is 9.15. The summed E-state index contributed by atoms with van der Waals surface area (Å²) in [6.45, 7) is 2.36. The predicted molar refractivity (Wildman–Crippen MR) is 136 cm³/mol. The van der Waals surface area contributed by atoms with E-state index in [9.17, 15) is 13.2 Å². The van der Waals surface area contributed by atoms with Gasteiger partial charge in [-0.1, -0.05) is 48.5 Å². The van der Waals surface area contributed by atoms with Crippen molar-refractivity contribution in [1.29, 1.82) is 0 Å². The Hall–Kier alpha value is -3.85. The minimum Gasteiger partial charge on any atom is -0.350 e. The van der Waals surface area contributed by atoms with Crippen molar-refractivity contribution in [3.8, 4) is 11.4 Å². The molecule has 3 heterocycles. The largest absolute Gasteiger partial charge is 0.416 e. The molecule has 0 saturated carbocycles. The number of anilines is 1. The number of benzene rings is 2. The third-order valence-corrected chi connectivity index (χ3v) is 6.49. The number of nitrogens with one attached hydrogen (secondary N) is 2. The van der Waals surface area contributed by atoms with E-state index in [4.69, 9.17) is 0 Å². The molecule has 0 radical (unpaired) electrons. The zero-order valence-electron chi connectivity index (χ0n) is 20.2. The maximum Gasteiger partial charge on any atom is 0.416 e. The Morgan fingerprint density at radius 3 is 2.46 bits per heavy atom. The second kappa shape index (κ2) is 11.0. The summed E-state index contributed by atoms with van der Waals surface area (Å²) in [5.74, 6) is 0.701. The molecule has 0 bridgehead atoms. The minimum absolute atomic E-state index is 0.261. The lowest BCUT2D eigenvalue weighted by molar-refractivity contribution is -0.137. The molecule has 1 saturated heterocycles. The van der Waals surface area contributed by atoms with E-state index in [1.165, 1.54) is 12.1 Å². The van der Waals surface area contributed by atoms with E-state index < -0.39 is 11.7 Å². The lowest BCUT2D eigenvalue weighted by Gasteiger charge is -2.22. The molecule has 0 amide bonds. The highest BCUT2D eigenvalue weighted by atomic mass is 19.4. The van der Waals surface area contributed by atoms with Gasteiger partial charge in [-0.05, 0) is 67.2 Å². The van der Waals surface area contributed by atoms with E-state index in [0.717, 1.165) is 48.8 Å². The first-order valence-corrected chi connectivity index (χ1v) is 12.3. The molecule has 1 aliphatic rings. The van der Waals surface area contributed by atoms with Gasteiger partial charge in [0.2, 0.25) is 5.95 Å². The van der Waals surface area contributed by atoms with E-state index >= 15 is 0 Å². The molecular formula is C28H27F3N6. The Morgan fingerprint density at radius 1 is 0.892 bits per heavy atom. The molecular weight excluding hydrogens is 477 g/mol. The average Bonchev–Trinajstić information content (AvgIpc) is 2.93. The first-order valence-electron chi connectivity index (χ1n) is 12.3. The average molecular weight is 505 g/mol. The van der Waals surface area contributed by atoms with Crippen LogP contribution < -0.4 is 10.6 Å². The summed E-state index contributed by atoms with van der Waals surface area (Å²) in [4.78, 5) is 8.97. The van der Waals surface area contributed by atoms with Crippen LogP contribution in [0.1, 0.15) is 46.7 Å². The molecule has 4 aromatic rings. The molecule has 6 nitrogen and oxygen atoms in total. The molecule has 190 valence electrons. The Morgan fingerprint density at radius 2 is 1.68 bits per heavy atom. The molecule has 1 fully saturated rings. The van der Waals surface area contributed by atoms with Gasteiger partial charge in [-0.2, -0.15) is 18.3 Å². The van der Waals surface area contributed by atoms with Gasteiger partial charge in [0, 0.05) is 18.7 Å². The van der Waals surface area contributed by atoms with Gasteiger partial charge in [-0.3, -0.25) is 0 Å². The fourth-order valence-corrected chi connectivity index (χ4v) is 4.55. The van der Waals surface area contributed by atoms with Gasteiger partial charge in [0.05, 0.1) is 17.0 Å². The van der Waals surface area contributed by atoms with Crippen LogP contribution in [0, 0.1) is 0 Å². The Kier molecular flexibility index (Phi) is 7.41. The number of piperidine rings is 1. The summed E-state index contributed by atoms with van der Waals surface area (Å²) in [6.07, 6.45) is -0.590. The van der Waals surface area contributed by atoms with Crippen LogP contribution >= 0.6 is 0 Å². The maximum atomic E-state index is 13.3. The SMILES string of the molecule is FC(F)(F)c1cccc(Cc2cc(C3CCNCC3)nnc2-c2ccnc(NCc3ccccc3)n2)c1. The van der Waals surface area contributed by atoms with Crippen LogP contribution in [0.5, 0.6) is 0 Å². The van der Waals surface area contributed by atoms with Crippen molar-refractivity contribution >= 4 is 5.95 Å². The topological polar surface area (TPSA) is 75.6 Å². The van der Waals surface area contributed by atoms with Crippen LogP contribution in [0.25, 0.3) is 11.4 Å². The number of hydrogen-bond acceptors (Lipinski definition) is 6. The van der Waals surface area contributed by atoms with E-state index in [1.54, 1.807) is 18.3 Å². The zero-order valence-corrected chi connectivity index (χ0v) is 20.2. The number of halogens is 3. The van der Waals surface area contributed by atoms with Crippen molar-refractivity contribution in [2.45, 2.75) is 37.9 Å². The van der Waals surface area contributed by atoms with Crippen molar-refractivity contribution in [3.63, 3.8) is 0 Å². The van der Waals surface area contributed by atoms with Gasteiger partial charge in [0.1, 0.15) is 5.69 Å². The number of hydrogen-bond donors (Lipinski definition) is 2. The Bertz CT molecular complexity index is 1340. The van der Waals surface area contributed by atoms with Crippen molar-refractivity contribution in [3.05, 3.63) is 101 Å². The number of aromatic nitrogens is 4. The molecule has 0 atom stereocenters. The summed E-state index contributed by atoms with van der Waals surface area (Å²) < 4.78 is 40.0. The summed E-state index contributed by atoms with van der Waals surface area (Å²) in [5, 5.41) is 15.6. The number of rotatable bonds is 7. The monoisotopic (exact) mass is 504 g/mol. The lowest BCUT2D eigenvalue weighted by Crippen LogP contribution is -2.27.